The Bertz CT molecular complexity index is 686. The van der Waals surface area contributed by atoms with Gasteiger partial charge in [0.15, 0.2) is 0 Å². The minimum Gasteiger partial charge on any atom is -0.481 e. The van der Waals surface area contributed by atoms with Crippen LogP contribution in [0.25, 0.3) is 6.08 Å². The van der Waals surface area contributed by atoms with Gasteiger partial charge in [0.1, 0.15) is 10.4 Å². The third kappa shape index (κ3) is 4.17. The molecule has 1 heterocycles. The number of carbonyl (C=O) groups excluding carboxylic acids is 1. The van der Waals surface area contributed by atoms with Gasteiger partial charge in [0, 0.05) is 6.42 Å². The number of thioether (sulfide) groups is 1. The third-order valence-corrected chi connectivity index (χ3v) is 4.48. The van der Waals surface area contributed by atoms with Crippen LogP contribution in [0.5, 0.6) is 0 Å². The van der Waals surface area contributed by atoms with E-state index >= 15 is 0 Å². The molecule has 0 bridgehead atoms. The fraction of sp³-hybridized carbons (Fsp3) is 0.200. The molecule has 8 heteroatoms. The lowest BCUT2D eigenvalue weighted by Crippen LogP contribution is -2.44. The number of hydrogen-bond donors (Lipinski definition) is 2. The highest BCUT2D eigenvalue weighted by atomic mass is 32.2. The predicted octanol–water partition coefficient (Wildman–Crippen LogP) is 2.21. The van der Waals surface area contributed by atoms with Gasteiger partial charge in [-0.05, 0) is 18.1 Å². The Balaban J connectivity index is 2.24. The van der Waals surface area contributed by atoms with Crippen LogP contribution in [-0.4, -0.2) is 43.3 Å². The number of rotatable bonds is 6. The summed E-state index contributed by atoms with van der Waals surface area (Å²) in [7, 11) is 0. The summed E-state index contributed by atoms with van der Waals surface area (Å²) < 4.78 is 0.120. The van der Waals surface area contributed by atoms with E-state index in [-0.39, 0.29) is 17.2 Å². The van der Waals surface area contributed by atoms with Crippen LogP contribution in [0.15, 0.2) is 35.2 Å². The number of thiocarbonyl (C=S) groups is 1. The van der Waals surface area contributed by atoms with Crippen molar-refractivity contribution in [2.75, 3.05) is 0 Å². The van der Waals surface area contributed by atoms with E-state index in [4.69, 9.17) is 17.3 Å². The molecule has 0 aromatic heterocycles. The fourth-order valence-electron chi connectivity index (χ4n) is 2.07. The molecule has 0 radical (unpaired) electrons. The molecule has 0 aliphatic carbocycles. The Labute approximate surface area is 141 Å². The lowest BCUT2D eigenvalue weighted by molar-refractivity contribution is -0.146. The van der Waals surface area contributed by atoms with E-state index in [1.807, 2.05) is 30.3 Å². The first-order valence-corrected chi connectivity index (χ1v) is 7.89. The van der Waals surface area contributed by atoms with Gasteiger partial charge < -0.3 is 10.2 Å². The molecule has 0 spiro atoms. The van der Waals surface area contributed by atoms with Crippen molar-refractivity contribution in [3.05, 3.63) is 40.8 Å². The van der Waals surface area contributed by atoms with Gasteiger partial charge in [-0.2, -0.15) is 0 Å². The second-order valence-electron chi connectivity index (χ2n) is 4.75. The minimum absolute atomic E-state index is 0.120. The van der Waals surface area contributed by atoms with Crippen LogP contribution < -0.4 is 0 Å². The van der Waals surface area contributed by atoms with Gasteiger partial charge in [0.25, 0.3) is 5.91 Å². The summed E-state index contributed by atoms with van der Waals surface area (Å²) in [6, 6.07) is 7.82. The average molecular weight is 351 g/mol. The Kier molecular flexibility index (Phi) is 5.51. The summed E-state index contributed by atoms with van der Waals surface area (Å²) in [5.41, 5.74) is 0.797. The van der Waals surface area contributed by atoms with Gasteiger partial charge in [-0.25, -0.2) is 4.79 Å². The van der Waals surface area contributed by atoms with E-state index in [9.17, 15) is 19.5 Å². The summed E-state index contributed by atoms with van der Waals surface area (Å²) >= 11 is 6.12. The van der Waals surface area contributed by atoms with Gasteiger partial charge in [0.05, 0.1) is 4.91 Å². The zero-order chi connectivity index (χ0) is 17.0. The van der Waals surface area contributed by atoms with Crippen LogP contribution in [0.3, 0.4) is 0 Å². The number of amides is 1. The zero-order valence-corrected chi connectivity index (χ0v) is 13.5. The van der Waals surface area contributed by atoms with Crippen LogP contribution in [0.4, 0.5) is 0 Å². The van der Waals surface area contributed by atoms with Crippen molar-refractivity contribution in [3.8, 4) is 0 Å². The highest BCUT2D eigenvalue weighted by molar-refractivity contribution is 8.26. The van der Waals surface area contributed by atoms with E-state index < -0.39 is 23.9 Å². The van der Waals surface area contributed by atoms with Crippen molar-refractivity contribution in [2.24, 2.45) is 0 Å². The SMILES string of the molecule is O=C(O)CC[C@H](C(=O)O)N1C(=O)/C(=C/c2ccccc2)SC1=S. The maximum Gasteiger partial charge on any atom is 0.326 e. The number of carbonyl (C=O) groups is 3. The van der Waals surface area contributed by atoms with Gasteiger partial charge >= 0.3 is 11.9 Å². The van der Waals surface area contributed by atoms with Crippen molar-refractivity contribution in [3.63, 3.8) is 0 Å². The molecule has 1 aliphatic rings. The van der Waals surface area contributed by atoms with Crippen LogP contribution in [0, 0.1) is 0 Å². The molecule has 1 aromatic carbocycles. The maximum atomic E-state index is 12.4. The second kappa shape index (κ2) is 7.38. The Hall–Kier alpha value is -2.19. The van der Waals surface area contributed by atoms with Crippen LogP contribution in [0.2, 0.25) is 0 Å². The Morgan fingerprint density at radius 3 is 2.48 bits per heavy atom. The summed E-state index contributed by atoms with van der Waals surface area (Å²) in [4.78, 5) is 35.8. The summed E-state index contributed by atoms with van der Waals surface area (Å²) in [5, 5.41) is 18.0. The Morgan fingerprint density at radius 1 is 1.26 bits per heavy atom. The molecule has 1 aromatic rings. The summed E-state index contributed by atoms with van der Waals surface area (Å²) in [5.74, 6) is -2.91. The summed E-state index contributed by atoms with van der Waals surface area (Å²) in [6.45, 7) is 0. The smallest absolute Gasteiger partial charge is 0.326 e. The van der Waals surface area contributed by atoms with Crippen LogP contribution >= 0.6 is 24.0 Å². The molecule has 1 fully saturated rings. The van der Waals surface area contributed by atoms with E-state index in [2.05, 4.69) is 0 Å². The molecule has 0 saturated carbocycles. The van der Waals surface area contributed by atoms with E-state index in [0.717, 1.165) is 22.2 Å². The molecule has 23 heavy (non-hydrogen) atoms. The molecule has 1 saturated heterocycles. The highest BCUT2D eigenvalue weighted by Gasteiger charge is 2.40. The van der Waals surface area contributed by atoms with Crippen LogP contribution in [0.1, 0.15) is 18.4 Å². The largest absolute Gasteiger partial charge is 0.481 e. The minimum atomic E-state index is -1.28. The maximum absolute atomic E-state index is 12.4. The van der Waals surface area contributed by atoms with Crippen molar-refractivity contribution < 1.29 is 24.6 Å². The number of carboxylic acids is 2. The van der Waals surface area contributed by atoms with Crippen molar-refractivity contribution in [1.29, 1.82) is 0 Å². The lowest BCUT2D eigenvalue weighted by Gasteiger charge is -2.22. The Morgan fingerprint density at radius 2 is 1.91 bits per heavy atom. The zero-order valence-electron chi connectivity index (χ0n) is 11.8. The normalized spacial score (nSPS) is 17.6. The first-order chi connectivity index (χ1) is 10.9. The van der Waals surface area contributed by atoms with Gasteiger partial charge in [0.2, 0.25) is 0 Å². The molecule has 0 unspecified atom stereocenters. The van der Waals surface area contributed by atoms with Crippen molar-refractivity contribution >= 4 is 52.2 Å². The lowest BCUT2D eigenvalue weighted by atomic mass is 10.1. The quantitative estimate of drug-likeness (QED) is 0.599. The standard InChI is InChI=1S/C15H13NO5S2/c17-12(18)7-6-10(14(20)21)16-13(19)11(23-15(16)22)8-9-4-2-1-3-5-9/h1-5,8,10H,6-7H2,(H,17,18)(H,20,21)/b11-8-/t10-/m1/s1. The predicted molar refractivity (Wildman–Crippen MR) is 89.7 cm³/mol. The number of aliphatic carboxylic acids is 2. The van der Waals surface area contributed by atoms with Crippen LogP contribution in [-0.2, 0) is 14.4 Å². The topological polar surface area (TPSA) is 94.9 Å². The average Bonchev–Trinajstić information content (AvgIpc) is 2.75. The van der Waals surface area contributed by atoms with Gasteiger partial charge in [-0.3, -0.25) is 14.5 Å². The monoisotopic (exact) mass is 351 g/mol. The number of carboxylic acid groups (broad SMARTS) is 2. The van der Waals surface area contributed by atoms with E-state index in [1.165, 1.54) is 0 Å². The molecule has 1 amide bonds. The van der Waals surface area contributed by atoms with Crippen molar-refractivity contribution in [1.82, 2.24) is 4.90 Å². The molecular formula is C15H13NO5S2. The van der Waals surface area contributed by atoms with Gasteiger partial charge in [-0.15, -0.1) is 0 Å². The molecule has 2 rings (SSSR count). The number of benzene rings is 1. The second-order valence-corrected chi connectivity index (χ2v) is 6.42. The first kappa shape index (κ1) is 17.2. The molecular weight excluding hydrogens is 338 g/mol. The molecule has 2 N–H and O–H groups in total. The number of hydrogen-bond acceptors (Lipinski definition) is 5. The highest BCUT2D eigenvalue weighted by Crippen LogP contribution is 2.34. The molecule has 120 valence electrons. The fourth-order valence-corrected chi connectivity index (χ4v) is 3.43. The molecule has 1 atom stereocenters. The van der Waals surface area contributed by atoms with E-state index in [0.29, 0.717) is 4.91 Å². The third-order valence-electron chi connectivity index (χ3n) is 3.15. The first-order valence-electron chi connectivity index (χ1n) is 6.67. The molecule has 6 nitrogen and oxygen atoms in total. The summed E-state index contributed by atoms with van der Waals surface area (Å²) in [6.07, 6.45) is 1.08. The molecule has 1 aliphatic heterocycles. The number of nitrogens with zero attached hydrogens (tertiary/aromatic N) is 1. The van der Waals surface area contributed by atoms with Gasteiger partial charge in [-0.1, -0.05) is 54.3 Å². The van der Waals surface area contributed by atoms with E-state index in [1.54, 1.807) is 6.08 Å². The van der Waals surface area contributed by atoms with Crippen molar-refractivity contribution in [2.45, 2.75) is 18.9 Å².